The highest BCUT2D eigenvalue weighted by Crippen LogP contribution is 2.27. The Hall–Kier alpha value is -2.30. The molecule has 1 aromatic heterocycles. The van der Waals surface area contributed by atoms with Crippen LogP contribution in [0.1, 0.15) is 27.7 Å². The lowest BCUT2D eigenvalue weighted by atomic mass is 10.3. The summed E-state index contributed by atoms with van der Waals surface area (Å²) in [6.45, 7) is 10.1. The van der Waals surface area contributed by atoms with Crippen LogP contribution in [-0.4, -0.2) is 29.2 Å². The van der Waals surface area contributed by atoms with E-state index in [0.717, 1.165) is 30.3 Å². The van der Waals surface area contributed by atoms with Gasteiger partial charge in [-0.2, -0.15) is 4.98 Å². The third-order valence-corrected chi connectivity index (χ3v) is 3.22. The summed E-state index contributed by atoms with van der Waals surface area (Å²) in [5.74, 6) is 2.29. The molecule has 1 N–H and O–H groups in total. The molecule has 0 saturated carbocycles. The Morgan fingerprint density at radius 3 is 2.55 bits per heavy atom. The number of ether oxygens (including phenoxy) is 1. The van der Waals surface area contributed by atoms with E-state index in [2.05, 4.69) is 34.0 Å². The molecule has 22 heavy (non-hydrogen) atoms. The SMILES string of the molecule is CCN(CC)c1ccnc(Nc2ccccc2OC(C)C)n1. The molecule has 0 radical (unpaired) electrons. The van der Waals surface area contributed by atoms with Crippen molar-refractivity contribution in [1.29, 1.82) is 0 Å². The quantitative estimate of drug-likeness (QED) is 0.841. The summed E-state index contributed by atoms with van der Waals surface area (Å²) in [5, 5.41) is 3.25. The van der Waals surface area contributed by atoms with Gasteiger partial charge in [0, 0.05) is 19.3 Å². The van der Waals surface area contributed by atoms with Crippen LogP contribution in [0.15, 0.2) is 36.5 Å². The van der Waals surface area contributed by atoms with Crippen molar-refractivity contribution in [2.24, 2.45) is 0 Å². The Balaban J connectivity index is 2.22. The number of nitrogens with one attached hydrogen (secondary N) is 1. The molecule has 0 atom stereocenters. The molecule has 0 spiro atoms. The van der Waals surface area contributed by atoms with Crippen molar-refractivity contribution in [2.75, 3.05) is 23.3 Å². The standard InChI is InChI=1S/C17H24N4O/c1-5-21(6-2)16-11-12-18-17(20-16)19-14-9-7-8-10-15(14)22-13(3)4/h7-13H,5-6H2,1-4H3,(H,18,19,20). The summed E-state index contributed by atoms with van der Waals surface area (Å²) in [4.78, 5) is 11.1. The predicted molar refractivity (Wildman–Crippen MR) is 91.1 cm³/mol. The fourth-order valence-corrected chi connectivity index (χ4v) is 2.18. The lowest BCUT2D eigenvalue weighted by Crippen LogP contribution is -2.23. The van der Waals surface area contributed by atoms with Crippen LogP contribution < -0.4 is 15.0 Å². The van der Waals surface area contributed by atoms with Gasteiger partial charge in [0.05, 0.1) is 11.8 Å². The smallest absolute Gasteiger partial charge is 0.229 e. The van der Waals surface area contributed by atoms with Crippen molar-refractivity contribution in [3.05, 3.63) is 36.5 Å². The number of para-hydroxylation sites is 2. The highest BCUT2D eigenvalue weighted by Gasteiger charge is 2.09. The maximum absolute atomic E-state index is 5.81. The van der Waals surface area contributed by atoms with Gasteiger partial charge in [-0.3, -0.25) is 0 Å². The zero-order chi connectivity index (χ0) is 15.9. The molecule has 118 valence electrons. The summed E-state index contributed by atoms with van der Waals surface area (Å²) in [6.07, 6.45) is 1.89. The highest BCUT2D eigenvalue weighted by atomic mass is 16.5. The van der Waals surface area contributed by atoms with Crippen LogP contribution in [0.3, 0.4) is 0 Å². The molecule has 5 heteroatoms. The Morgan fingerprint density at radius 1 is 1.14 bits per heavy atom. The average molecular weight is 300 g/mol. The van der Waals surface area contributed by atoms with Gasteiger partial charge in [0.15, 0.2) is 0 Å². The van der Waals surface area contributed by atoms with Gasteiger partial charge in [0.2, 0.25) is 5.95 Å². The predicted octanol–water partition coefficient (Wildman–Crippen LogP) is 3.85. The molecule has 0 aliphatic rings. The molecule has 0 aliphatic carbocycles. The van der Waals surface area contributed by atoms with E-state index in [4.69, 9.17) is 4.74 Å². The van der Waals surface area contributed by atoms with Gasteiger partial charge in [-0.05, 0) is 45.9 Å². The minimum Gasteiger partial charge on any atom is -0.489 e. The molecule has 5 nitrogen and oxygen atoms in total. The monoisotopic (exact) mass is 300 g/mol. The van der Waals surface area contributed by atoms with Gasteiger partial charge >= 0.3 is 0 Å². The van der Waals surface area contributed by atoms with Crippen molar-refractivity contribution >= 4 is 17.5 Å². The number of hydrogen-bond acceptors (Lipinski definition) is 5. The van der Waals surface area contributed by atoms with E-state index in [-0.39, 0.29) is 6.10 Å². The second kappa shape index (κ2) is 7.64. The van der Waals surface area contributed by atoms with E-state index < -0.39 is 0 Å². The van der Waals surface area contributed by atoms with Crippen LogP contribution in [0.2, 0.25) is 0 Å². The van der Waals surface area contributed by atoms with E-state index in [0.29, 0.717) is 5.95 Å². The van der Waals surface area contributed by atoms with E-state index in [1.54, 1.807) is 6.20 Å². The van der Waals surface area contributed by atoms with Crippen LogP contribution in [-0.2, 0) is 0 Å². The molecular formula is C17H24N4O. The van der Waals surface area contributed by atoms with Gasteiger partial charge in [-0.25, -0.2) is 4.98 Å². The van der Waals surface area contributed by atoms with E-state index in [1.807, 2.05) is 44.2 Å². The highest BCUT2D eigenvalue weighted by molar-refractivity contribution is 5.63. The largest absolute Gasteiger partial charge is 0.489 e. The van der Waals surface area contributed by atoms with Crippen LogP contribution >= 0.6 is 0 Å². The van der Waals surface area contributed by atoms with Crippen molar-refractivity contribution in [3.63, 3.8) is 0 Å². The summed E-state index contributed by atoms with van der Waals surface area (Å²) >= 11 is 0. The topological polar surface area (TPSA) is 50.3 Å². The van der Waals surface area contributed by atoms with Gasteiger partial charge in [-0.1, -0.05) is 12.1 Å². The molecule has 1 aromatic carbocycles. The Labute approximate surface area is 132 Å². The zero-order valence-corrected chi connectivity index (χ0v) is 13.7. The van der Waals surface area contributed by atoms with Crippen molar-refractivity contribution < 1.29 is 4.74 Å². The Bertz CT molecular complexity index is 597. The minimum atomic E-state index is 0.117. The average Bonchev–Trinajstić information content (AvgIpc) is 2.50. The Kier molecular flexibility index (Phi) is 5.58. The lowest BCUT2D eigenvalue weighted by molar-refractivity contribution is 0.244. The number of aromatic nitrogens is 2. The summed E-state index contributed by atoms with van der Waals surface area (Å²) in [7, 11) is 0. The maximum Gasteiger partial charge on any atom is 0.229 e. The molecule has 0 bridgehead atoms. The maximum atomic E-state index is 5.81. The van der Waals surface area contributed by atoms with Crippen molar-refractivity contribution in [3.8, 4) is 5.75 Å². The first-order valence-corrected chi connectivity index (χ1v) is 7.74. The number of hydrogen-bond donors (Lipinski definition) is 1. The molecule has 0 fully saturated rings. The van der Waals surface area contributed by atoms with Crippen LogP contribution in [0.25, 0.3) is 0 Å². The molecule has 1 heterocycles. The van der Waals surface area contributed by atoms with Crippen LogP contribution in [0, 0.1) is 0 Å². The fourth-order valence-electron chi connectivity index (χ4n) is 2.18. The van der Waals surface area contributed by atoms with Crippen molar-refractivity contribution in [1.82, 2.24) is 9.97 Å². The number of nitrogens with zero attached hydrogens (tertiary/aromatic N) is 3. The Morgan fingerprint density at radius 2 is 1.86 bits per heavy atom. The van der Waals surface area contributed by atoms with Crippen LogP contribution in [0.4, 0.5) is 17.5 Å². The summed E-state index contributed by atoms with van der Waals surface area (Å²) < 4.78 is 5.81. The van der Waals surface area contributed by atoms with E-state index in [9.17, 15) is 0 Å². The summed E-state index contributed by atoms with van der Waals surface area (Å²) in [5.41, 5.74) is 0.868. The van der Waals surface area contributed by atoms with Gasteiger partial charge in [0.1, 0.15) is 11.6 Å². The molecule has 0 amide bonds. The van der Waals surface area contributed by atoms with Crippen molar-refractivity contribution in [2.45, 2.75) is 33.8 Å². The van der Waals surface area contributed by atoms with E-state index >= 15 is 0 Å². The zero-order valence-electron chi connectivity index (χ0n) is 13.7. The third-order valence-electron chi connectivity index (χ3n) is 3.22. The van der Waals surface area contributed by atoms with Gasteiger partial charge in [0.25, 0.3) is 0 Å². The second-order valence-corrected chi connectivity index (χ2v) is 5.20. The lowest BCUT2D eigenvalue weighted by Gasteiger charge is -2.20. The number of benzene rings is 1. The second-order valence-electron chi connectivity index (χ2n) is 5.20. The normalized spacial score (nSPS) is 10.6. The first kappa shape index (κ1) is 16.1. The minimum absolute atomic E-state index is 0.117. The van der Waals surface area contributed by atoms with Gasteiger partial charge in [-0.15, -0.1) is 0 Å². The molecule has 0 unspecified atom stereocenters. The molecule has 2 aromatic rings. The molecule has 2 rings (SSSR count). The molecular weight excluding hydrogens is 276 g/mol. The third kappa shape index (κ3) is 4.10. The summed E-state index contributed by atoms with van der Waals surface area (Å²) in [6, 6.07) is 9.75. The number of rotatable bonds is 7. The fraction of sp³-hybridized carbons (Fsp3) is 0.412. The first-order chi connectivity index (χ1) is 10.6. The molecule has 0 saturated heterocycles. The first-order valence-electron chi connectivity index (χ1n) is 7.74. The van der Waals surface area contributed by atoms with Gasteiger partial charge < -0.3 is 15.0 Å². The van der Waals surface area contributed by atoms with E-state index in [1.165, 1.54) is 0 Å². The van der Waals surface area contributed by atoms with Crippen LogP contribution in [0.5, 0.6) is 5.75 Å². The molecule has 0 aliphatic heterocycles. The number of anilines is 3.